The van der Waals surface area contributed by atoms with Crippen molar-refractivity contribution in [2.24, 2.45) is 0 Å². The number of carboxylic acid groups (broad SMARTS) is 1. The third-order valence-electron chi connectivity index (χ3n) is 6.17. The molecule has 0 saturated carbocycles. The number of nitrogens with zero attached hydrogens (tertiary/aromatic N) is 2. The second kappa shape index (κ2) is 10.3. The van der Waals surface area contributed by atoms with Gasteiger partial charge in [-0.05, 0) is 16.7 Å². The Kier molecular flexibility index (Phi) is 6.79. The highest BCUT2D eigenvalue weighted by molar-refractivity contribution is 8.00. The molecule has 6 nitrogen and oxygen atoms in total. The van der Waals surface area contributed by atoms with E-state index in [1.165, 1.54) is 10.5 Å². The molecule has 1 aromatic heterocycles. The molecule has 1 fully saturated rings. The molecular weight excluding hydrogens is 458 g/mol. The molecular formula is C28H26N3O3S+. The van der Waals surface area contributed by atoms with E-state index >= 15 is 0 Å². The first-order valence-electron chi connectivity index (χ1n) is 11.5. The second-order valence-electron chi connectivity index (χ2n) is 8.56. The van der Waals surface area contributed by atoms with Gasteiger partial charge >= 0.3 is 5.97 Å². The van der Waals surface area contributed by atoms with Crippen molar-refractivity contribution in [1.29, 1.82) is 0 Å². The van der Waals surface area contributed by atoms with E-state index in [1.807, 2.05) is 85.2 Å². The third kappa shape index (κ3) is 5.06. The molecule has 35 heavy (non-hydrogen) atoms. The summed E-state index contributed by atoms with van der Waals surface area (Å²) in [6, 6.07) is 23.7. The maximum atomic E-state index is 12.9. The number of hydrogen-bond donors (Lipinski definition) is 2. The number of carbonyl (C=O) groups is 2. The van der Waals surface area contributed by atoms with Crippen LogP contribution in [0.3, 0.4) is 0 Å². The van der Waals surface area contributed by atoms with E-state index in [9.17, 15) is 14.7 Å². The number of rotatable bonds is 8. The van der Waals surface area contributed by atoms with E-state index in [4.69, 9.17) is 0 Å². The molecule has 1 amide bonds. The highest BCUT2D eigenvalue weighted by Crippen LogP contribution is 2.40. The normalized spacial score (nSPS) is 19.5. The van der Waals surface area contributed by atoms with Crippen molar-refractivity contribution >= 4 is 29.7 Å². The van der Waals surface area contributed by atoms with Gasteiger partial charge in [-0.1, -0.05) is 72.8 Å². The summed E-state index contributed by atoms with van der Waals surface area (Å²) >= 11 is 1.60. The van der Waals surface area contributed by atoms with Gasteiger partial charge in [-0.15, -0.1) is 11.8 Å². The van der Waals surface area contributed by atoms with E-state index in [-0.39, 0.29) is 23.0 Å². The van der Waals surface area contributed by atoms with Gasteiger partial charge in [-0.25, -0.2) is 9.36 Å². The van der Waals surface area contributed by atoms with Crippen LogP contribution in [0.5, 0.6) is 0 Å². The Hall–Kier alpha value is -3.68. The minimum Gasteiger partial charge on any atom is -0.477 e. The molecule has 2 aromatic carbocycles. The Bertz CT molecular complexity index is 1270. The van der Waals surface area contributed by atoms with Gasteiger partial charge in [0.2, 0.25) is 5.91 Å². The maximum Gasteiger partial charge on any atom is 0.352 e. The van der Waals surface area contributed by atoms with Gasteiger partial charge in [-0.2, -0.15) is 0 Å². The average Bonchev–Trinajstić information content (AvgIpc) is 2.89. The van der Waals surface area contributed by atoms with Gasteiger partial charge in [0.25, 0.3) is 0 Å². The Balaban J connectivity index is 1.27. The zero-order valence-corrected chi connectivity index (χ0v) is 19.9. The molecule has 1 saturated heterocycles. The van der Waals surface area contributed by atoms with E-state index < -0.39 is 5.97 Å². The summed E-state index contributed by atoms with van der Waals surface area (Å²) in [5.41, 5.74) is 3.99. The van der Waals surface area contributed by atoms with Crippen molar-refractivity contribution in [3.63, 3.8) is 0 Å². The Morgan fingerprint density at radius 3 is 2.43 bits per heavy atom. The van der Waals surface area contributed by atoms with Crippen molar-refractivity contribution < 1.29 is 19.3 Å². The van der Waals surface area contributed by atoms with E-state index in [2.05, 4.69) is 22.0 Å². The predicted molar refractivity (Wildman–Crippen MR) is 136 cm³/mol. The summed E-state index contributed by atoms with van der Waals surface area (Å²) in [6.45, 7) is 1.35. The van der Waals surface area contributed by atoms with Crippen molar-refractivity contribution in [3.8, 4) is 0 Å². The van der Waals surface area contributed by atoms with Gasteiger partial charge in [0.05, 0.1) is 0 Å². The minimum absolute atomic E-state index is 0.0878. The summed E-state index contributed by atoms with van der Waals surface area (Å²) in [5.74, 6) is -0.719. The number of allylic oxidation sites excluding steroid dienone is 1. The first kappa shape index (κ1) is 23.1. The Morgan fingerprint density at radius 1 is 1.00 bits per heavy atom. The molecule has 2 aliphatic heterocycles. The SMILES string of the molecule is O=C(O)C1=C(C=Cc2ccc(C[n+]3ccccc3)cc2)CSC2C(NCc3ccccc3)C(=O)N12. The lowest BCUT2D eigenvalue weighted by Crippen LogP contribution is -2.69. The lowest BCUT2D eigenvalue weighted by molar-refractivity contribution is -0.688. The molecule has 7 heteroatoms. The van der Waals surface area contributed by atoms with Crippen molar-refractivity contribution in [3.05, 3.63) is 119 Å². The summed E-state index contributed by atoms with van der Waals surface area (Å²) in [6.07, 6.45) is 7.79. The highest BCUT2D eigenvalue weighted by atomic mass is 32.2. The molecule has 3 aromatic rings. The molecule has 0 aliphatic carbocycles. The van der Waals surface area contributed by atoms with Crippen LogP contribution in [0.2, 0.25) is 0 Å². The first-order valence-corrected chi connectivity index (χ1v) is 12.5. The molecule has 176 valence electrons. The first-order chi connectivity index (χ1) is 17.1. The number of fused-ring (bicyclic) bond motifs is 1. The second-order valence-corrected chi connectivity index (χ2v) is 9.66. The number of nitrogens with one attached hydrogen (secondary N) is 1. The van der Waals surface area contributed by atoms with Gasteiger partial charge < -0.3 is 5.11 Å². The maximum absolute atomic E-state index is 12.9. The predicted octanol–water partition coefficient (Wildman–Crippen LogP) is 3.45. The van der Waals surface area contributed by atoms with Crippen molar-refractivity contribution in [1.82, 2.24) is 10.2 Å². The number of aromatic nitrogens is 1. The highest BCUT2D eigenvalue weighted by Gasteiger charge is 2.53. The molecule has 3 heterocycles. The molecule has 2 aliphatic rings. The van der Waals surface area contributed by atoms with E-state index in [1.54, 1.807) is 11.8 Å². The van der Waals surface area contributed by atoms with Crippen LogP contribution in [-0.4, -0.2) is 39.1 Å². The lowest BCUT2D eigenvalue weighted by Gasteiger charge is -2.49. The molecule has 2 unspecified atom stereocenters. The monoisotopic (exact) mass is 484 g/mol. The number of β-lactam (4-membered cyclic amide) rings is 1. The Morgan fingerprint density at radius 2 is 1.71 bits per heavy atom. The lowest BCUT2D eigenvalue weighted by atomic mass is 10.0. The zero-order chi connectivity index (χ0) is 24.2. The fraction of sp³-hybridized carbons (Fsp3) is 0.179. The van der Waals surface area contributed by atoms with Gasteiger partial charge in [0.15, 0.2) is 18.9 Å². The number of aliphatic carboxylic acids is 1. The number of benzene rings is 2. The van der Waals surface area contributed by atoms with Crippen molar-refractivity contribution in [2.75, 3.05) is 5.75 Å². The smallest absolute Gasteiger partial charge is 0.352 e. The fourth-order valence-corrected chi connectivity index (χ4v) is 5.68. The summed E-state index contributed by atoms with van der Waals surface area (Å²) < 4.78 is 2.11. The fourth-order valence-electron chi connectivity index (χ4n) is 4.33. The molecule has 2 N–H and O–H groups in total. The van der Waals surface area contributed by atoms with E-state index in [0.29, 0.717) is 17.9 Å². The van der Waals surface area contributed by atoms with Crippen LogP contribution < -0.4 is 9.88 Å². The van der Waals surface area contributed by atoms with Crippen LogP contribution >= 0.6 is 11.8 Å². The molecule has 2 atom stereocenters. The van der Waals surface area contributed by atoms with Gasteiger partial charge in [-0.3, -0.25) is 15.0 Å². The molecule has 0 spiro atoms. The largest absolute Gasteiger partial charge is 0.477 e. The number of carbonyl (C=O) groups excluding carboxylic acids is 1. The average molecular weight is 485 g/mol. The van der Waals surface area contributed by atoms with Crippen LogP contribution in [0.1, 0.15) is 16.7 Å². The summed E-state index contributed by atoms with van der Waals surface area (Å²) in [4.78, 5) is 26.4. The molecule has 5 rings (SSSR count). The van der Waals surface area contributed by atoms with Gasteiger partial charge in [0.1, 0.15) is 17.1 Å². The van der Waals surface area contributed by atoms with Crippen LogP contribution in [0, 0.1) is 0 Å². The summed E-state index contributed by atoms with van der Waals surface area (Å²) in [7, 11) is 0. The number of pyridine rings is 1. The van der Waals surface area contributed by atoms with Crippen LogP contribution in [-0.2, 0) is 22.7 Å². The molecule has 0 radical (unpaired) electrons. The Labute approximate surface area is 208 Å². The van der Waals surface area contributed by atoms with Crippen LogP contribution in [0.15, 0.2) is 103 Å². The quantitative estimate of drug-likeness (QED) is 0.379. The zero-order valence-electron chi connectivity index (χ0n) is 19.1. The standard InChI is InChI=1S/C28H25N3O3S/c32-26-24(29-17-21-7-3-1-4-8-21)27-31(26)25(28(33)34)23(19-35-27)14-13-20-9-11-22(12-10-20)18-30-15-5-2-6-16-30/h1-16,24,27,29H,17-19H2/p+1. The minimum atomic E-state index is -1.07. The molecule has 0 bridgehead atoms. The number of hydrogen-bond acceptors (Lipinski definition) is 4. The van der Waals surface area contributed by atoms with Gasteiger partial charge in [0, 0.05) is 30.0 Å². The third-order valence-corrected chi connectivity index (χ3v) is 7.47. The van der Waals surface area contributed by atoms with Crippen molar-refractivity contribution in [2.45, 2.75) is 24.5 Å². The van der Waals surface area contributed by atoms with E-state index in [0.717, 1.165) is 17.7 Å². The summed E-state index contributed by atoms with van der Waals surface area (Å²) in [5, 5.41) is 13.0. The topological polar surface area (TPSA) is 73.5 Å². The number of amides is 1. The number of thioether (sulfide) groups is 1. The van der Waals surface area contributed by atoms with Crippen LogP contribution in [0.4, 0.5) is 0 Å². The van der Waals surface area contributed by atoms with Crippen LogP contribution in [0.25, 0.3) is 6.08 Å². The number of carboxylic acids is 1.